The van der Waals surface area contributed by atoms with Crippen LogP contribution in [-0.2, 0) is 14.6 Å². The number of rotatable bonds is 4. The lowest BCUT2D eigenvalue weighted by molar-refractivity contribution is -0.142. The summed E-state index contributed by atoms with van der Waals surface area (Å²) >= 11 is 0. The molecule has 1 N–H and O–H groups in total. The highest BCUT2D eigenvalue weighted by atomic mass is 32.2. The first kappa shape index (κ1) is 17.0. The Labute approximate surface area is 141 Å². The molecular weight excluding hydrogens is 330 g/mol. The summed E-state index contributed by atoms with van der Waals surface area (Å²) in [5.74, 6) is -1.27. The van der Waals surface area contributed by atoms with Crippen molar-refractivity contribution in [2.45, 2.75) is 24.7 Å². The molecule has 1 aliphatic heterocycles. The zero-order valence-electron chi connectivity index (χ0n) is 13.7. The summed E-state index contributed by atoms with van der Waals surface area (Å²) in [7, 11) is -3.40. The number of carbonyl (C=O) groups excluding carboxylic acids is 1. The fourth-order valence-electron chi connectivity index (χ4n) is 3.49. The van der Waals surface area contributed by atoms with Crippen LogP contribution in [0.2, 0.25) is 0 Å². The fourth-order valence-corrected chi connectivity index (χ4v) is 4.14. The Morgan fingerprint density at radius 3 is 2.42 bits per heavy atom. The normalized spacial score (nSPS) is 24.2. The highest BCUT2D eigenvalue weighted by Gasteiger charge is 2.47. The average molecular weight is 351 g/mol. The fraction of sp³-hybridized carbons (Fsp3) is 0.529. The van der Waals surface area contributed by atoms with Gasteiger partial charge in [0.1, 0.15) is 0 Å². The van der Waals surface area contributed by atoms with E-state index >= 15 is 0 Å². The monoisotopic (exact) mass is 351 g/mol. The predicted molar refractivity (Wildman–Crippen MR) is 87.5 cm³/mol. The summed E-state index contributed by atoms with van der Waals surface area (Å²) in [4.78, 5) is 26.0. The van der Waals surface area contributed by atoms with Gasteiger partial charge in [-0.2, -0.15) is 0 Å². The molecule has 0 aromatic heterocycles. The van der Waals surface area contributed by atoms with Crippen molar-refractivity contribution in [1.82, 2.24) is 4.90 Å². The molecule has 2 aliphatic rings. The maximum Gasteiger partial charge on any atom is 0.308 e. The maximum atomic E-state index is 12.8. The molecule has 0 radical (unpaired) electrons. The van der Waals surface area contributed by atoms with Gasteiger partial charge in [-0.1, -0.05) is 6.07 Å². The number of aryl methyl sites for hydroxylation is 1. The van der Waals surface area contributed by atoms with Gasteiger partial charge in [0.15, 0.2) is 9.84 Å². The van der Waals surface area contributed by atoms with Crippen LogP contribution in [0, 0.1) is 24.7 Å². The first-order valence-corrected chi connectivity index (χ1v) is 9.90. The Balaban J connectivity index is 1.88. The lowest BCUT2D eigenvalue weighted by Gasteiger charge is -2.18. The molecule has 1 aliphatic carbocycles. The standard InChI is InChI=1S/C17H21NO5S/c1-10-3-6-12(24(2,22)23)7-13(10)16(19)18-8-14(11-4-5-11)15(9-18)17(20)21/h3,6-7,11,14-15H,4-5,8-9H2,1-2H3,(H,20,21)/t14-,15+/m1/s1. The Morgan fingerprint density at radius 2 is 1.88 bits per heavy atom. The third-order valence-electron chi connectivity index (χ3n) is 5.06. The molecule has 1 aromatic carbocycles. The molecule has 6 nitrogen and oxygen atoms in total. The Morgan fingerprint density at radius 1 is 1.21 bits per heavy atom. The van der Waals surface area contributed by atoms with Crippen molar-refractivity contribution >= 4 is 21.7 Å². The van der Waals surface area contributed by atoms with Gasteiger partial charge in [-0.05, 0) is 49.3 Å². The van der Waals surface area contributed by atoms with Gasteiger partial charge in [0, 0.05) is 24.9 Å². The first-order chi connectivity index (χ1) is 11.2. The van der Waals surface area contributed by atoms with Crippen LogP contribution >= 0.6 is 0 Å². The van der Waals surface area contributed by atoms with Gasteiger partial charge in [-0.25, -0.2) is 8.42 Å². The van der Waals surface area contributed by atoms with Crippen molar-refractivity contribution in [1.29, 1.82) is 0 Å². The van der Waals surface area contributed by atoms with Crippen LogP contribution in [0.15, 0.2) is 23.1 Å². The summed E-state index contributed by atoms with van der Waals surface area (Å²) < 4.78 is 23.5. The number of sulfone groups is 1. The van der Waals surface area contributed by atoms with Crippen LogP contribution < -0.4 is 0 Å². The quantitative estimate of drug-likeness (QED) is 0.889. The highest BCUT2D eigenvalue weighted by molar-refractivity contribution is 7.90. The van der Waals surface area contributed by atoms with Crippen molar-refractivity contribution in [3.63, 3.8) is 0 Å². The molecule has 3 rings (SSSR count). The number of carboxylic acids is 1. The molecule has 0 spiro atoms. The average Bonchev–Trinajstić information content (AvgIpc) is 3.24. The maximum absolute atomic E-state index is 12.8. The van der Waals surface area contributed by atoms with Crippen LogP contribution in [0.5, 0.6) is 0 Å². The zero-order chi connectivity index (χ0) is 17.6. The Bertz CT molecular complexity index is 797. The van der Waals surface area contributed by atoms with Gasteiger partial charge in [0.2, 0.25) is 0 Å². The molecule has 2 atom stereocenters. The second kappa shape index (κ2) is 5.88. The number of amides is 1. The summed E-state index contributed by atoms with van der Waals surface area (Å²) in [5.41, 5.74) is 1.02. The number of carboxylic acid groups (broad SMARTS) is 1. The van der Waals surface area contributed by atoms with Crippen LogP contribution in [0.25, 0.3) is 0 Å². The van der Waals surface area contributed by atoms with Crippen molar-refractivity contribution in [3.05, 3.63) is 29.3 Å². The second-order valence-corrected chi connectivity index (χ2v) is 8.92. The number of hydrogen-bond acceptors (Lipinski definition) is 4. The van der Waals surface area contributed by atoms with E-state index in [1.165, 1.54) is 12.1 Å². The smallest absolute Gasteiger partial charge is 0.308 e. The highest BCUT2D eigenvalue weighted by Crippen LogP contribution is 2.44. The predicted octanol–water partition coefficient (Wildman–Crippen LogP) is 1.58. The minimum Gasteiger partial charge on any atom is -0.481 e. The van der Waals surface area contributed by atoms with Gasteiger partial charge in [0.25, 0.3) is 5.91 Å². The molecule has 1 heterocycles. The number of benzene rings is 1. The van der Waals surface area contributed by atoms with E-state index in [1.807, 2.05) is 0 Å². The van der Waals surface area contributed by atoms with E-state index < -0.39 is 21.7 Å². The van der Waals surface area contributed by atoms with Crippen molar-refractivity contribution < 1.29 is 23.1 Å². The number of aliphatic carboxylic acids is 1. The van der Waals surface area contributed by atoms with E-state index in [-0.39, 0.29) is 23.3 Å². The summed E-state index contributed by atoms with van der Waals surface area (Å²) in [6, 6.07) is 4.50. The van der Waals surface area contributed by atoms with Gasteiger partial charge >= 0.3 is 5.97 Å². The van der Waals surface area contributed by atoms with Crippen molar-refractivity contribution in [3.8, 4) is 0 Å². The molecule has 130 valence electrons. The molecule has 2 fully saturated rings. The number of nitrogens with zero attached hydrogens (tertiary/aromatic N) is 1. The molecule has 1 aromatic rings. The molecule has 1 saturated carbocycles. The molecule has 1 saturated heterocycles. The first-order valence-electron chi connectivity index (χ1n) is 8.01. The van der Waals surface area contributed by atoms with Crippen LogP contribution in [0.4, 0.5) is 0 Å². The molecular formula is C17H21NO5S. The van der Waals surface area contributed by atoms with Crippen LogP contribution in [0.3, 0.4) is 0 Å². The lowest BCUT2D eigenvalue weighted by Crippen LogP contribution is -2.30. The largest absolute Gasteiger partial charge is 0.481 e. The van der Waals surface area contributed by atoms with E-state index in [9.17, 15) is 23.1 Å². The summed E-state index contributed by atoms with van der Waals surface area (Å²) in [6.45, 7) is 2.38. The SMILES string of the molecule is Cc1ccc(S(C)(=O)=O)cc1C(=O)N1C[C@H](C(=O)O)[C@@H](C2CC2)C1. The van der Waals surface area contributed by atoms with Crippen molar-refractivity contribution in [2.75, 3.05) is 19.3 Å². The van der Waals surface area contributed by atoms with E-state index in [1.54, 1.807) is 17.9 Å². The van der Waals surface area contributed by atoms with Gasteiger partial charge < -0.3 is 10.0 Å². The molecule has 0 unspecified atom stereocenters. The minimum atomic E-state index is -3.40. The third-order valence-corrected chi connectivity index (χ3v) is 6.17. The van der Waals surface area contributed by atoms with E-state index in [0.29, 0.717) is 23.6 Å². The van der Waals surface area contributed by atoms with Gasteiger partial charge in [-0.15, -0.1) is 0 Å². The number of likely N-dealkylation sites (tertiary alicyclic amines) is 1. The van der Waals surface area contributed by atoms with Crippen molar-refractivity contribution in [2.24, 2.45) is 17.8 Å². The molecule has 0 bridgehead atoms. The third kappa shape index (κ3) is 3.17. The summed E-state index contributed by atoms with van der Waals surface area (Å²) in [6.07, 6.45) is 3.16. The Hall–Kier alpha value is -1.89. The summed E-state index contributed by atoms with van der Waals surface area (Å²) in [5, 5.41) is 9.42. The van der Waals surface area contributed by atoms with E-state index in [2.05, 4.69) is 0 Å². The Kier molecular flexibility index (Phi) is 4.15. The number of carbonyl (C=O) groups is 2. The zero-order valence-corrected chi connectivity index (χ0v) is 14.5. The van der Waals surface area contributed by atoms with Gasteiger partial charge in [0.05, 0.1) is 10.8 Å². The van der Waals surface area contributed by atoms with Crippen LogP contribution in [-0.4, -0.2) is 49.6 Å². The van der Waals surface area contributed by atoms with E-state index in [4.69, 9.17) is 0 Å². The van der Waals surface area contributed by atoms with E-state index in [0.717, 1.165) is 19.1 Å². The minimum absolute atomic E-state index is 0.00449. The second-order valence-electron chi connectivity index (χ2n) is 6.91. The van der Waals surface area contributed by atoms with Crippen LogP contribution in [0.1, 0.15) is 28.8 Å². The van der Waals surface area contributed by atoms with Gasteiger partial charge in [-0.3, -0.25) is 9.59 Å². The molecule has 1 amide bonds. The lowest BCUT2D eigenvalue weighted by atomic mass is 9.92. The molecule has 24 heavy (non-hydrogen) atoms. The number of hydrogen-bond donors (Lipinski definition) is 1. The molecule has 7 heteroatoms. The topological polar surface area (TPSA) is 91.8 Å².